The van der Waals surface area contributed by atoms with Crippen LogP contribution in [0.1, 0.15) is 12.8 Å². The molecule has 0 aromatic rings. The summed E-state index contributed by atoms with van der Waals surface area (Å²) in [4.78, 5) is 94.5. The molecule has 14 nitrogen and oxygen atoms in total. The second-order valence-corrected chi connectivity index (χ2v) is 9.63. The van der Waals surface area contributed by atoms with Gasteiger partial charge < -0.3 is 19.7 Å². The number of ether oxygens (including phenoxy) is 3. The lowest BCUT2D eigenvalue weighted by Crippen LogP contribution is -2.40. The maximum Gasteiger partial charge on any atom is 0.423 e. The summed E-state index contributed by atoms with van der Waals surface area (Å²) in [5.41, 5.74) is 0. The maximum atomic E-state index is 12.4. The minimum Gasteiger partial charge on any atom is -0.447 e. The number of amides is 5. The Morgan fingerprint density at radius 3 is 1.61 bits per heavy atom. The number of nitrogens with zero attached hydrogens (tertiary/aromatic N) is 2. The topological polar surface area (TPSA) is 202 Å². The van der Waals surface area contributed by atoms with Crippen molar-refractivity contribution in [2.75, 3.05) is 13.2 Å². The van der Waals surface area contributed by atoms with Crippen LogP contribution < -0.4 is 0 Å². The summed E-state index contributed by atoms with van der Waals surface area (Å²) in [5, 5.41) is 0. The van der Waals surface area contributed by atoms with E-state index in [2.05, 4.69) is 0 Å². The first-order chi connectivity index (χ1) is 17.7. The monoisotopic (exact) mass is 530 g/mol. The van der Waals surface area contributed by atoms with Crippen LogP contribution in [0.3, 0.4) is 0 Å². The van der Waals surface area contributed by atoms with Gasteiger partial charge in [0.05, 0.1) is 54.6 Å². The van der Waals surface area contributed by atoms with Crippen molar-refractivity contribution < 1.29 is 58.0 Å². The van der Waals surface area contributed by atoms with Crippen LogP contribution in [0, 0.1) is 23.7 Å². The molecule has 4 bridgehead atoms. The Kier molecular flexibility index (Phi) is 6.20. The molecule has 8 unspecified atom stereocenters. The number of likely N-dealkylation sites (tertiary alicyclic amines) is 2. The van der Waals surface area contributed by atoms with Crippen LogP contribution in [0.15, 0.2) is 24.3 Å². The summed E-state index contributed by atoms with van der Waals surface area (Å²) < 4.78 is 15.7. The lowest BCUT2D eigenvalue weighted by Gasteiger charge is -2.18. The molecule has 6 heterocycles. The molecule has 14 heteroatoms. The van der Waals surface area contributed by atoms with E-state index in [1.807, 2.05) is 0 Å². The number of carbonyl (C=O) groups excluding carboxylic acids is 8. The summed E-state index contributed by atoms with van der Waals surface area (Å²) in [6, 6.07) is 0. The second-order valence-electron chi connectivity index (χ2n) is 9.63. The van der Waals surface area contributed by atoms with Crippen molar-refractivity contribution in [3.63, 3.8) is 0 Å². The fourth-order valence-electron chi connectivity index (χ4n) is 6.01. The summed E-state index contributed by atoms with van der Waals surface area (Å²) in [7, 11) is 0. The summed E-state index contributed by atoms with van der Waals surface area (Å²) in [6.07, 6.45) is 4.57. The van der Waals surface area contributed by atoms with E-state index >= 15 is 0 Å². The molecule has 2 N–H and O–H groups in total. The van der Waals surface area contributed by atoms with Crippen molar-refractivity contribution in [3.8, 4) is 0 Å². The van der Waals surface area contributed by atoms with Crippen LogP contribution in [0.25, 0.3) is 0 Å². The molecule has 7 aliphatic rings. The standard InChI is InChI=1S/C15H14N2O7.C9H6O4.H2O/c18-9-3-4-10(19)17(9)15(22)23-6-5-16-13(20)11-7-1-2-8(24-7)12(11)14(16)21;10-7-5-3-1-2-4(13-3)6(5)8(11)9(7)12;/h1-2,7-8,11-12H,3-6H2;1-6H;1H2. The van der Waals surface area contributed by atoms with Gasteiger partial charge in [-0.25, -0.2) is 4.79 Å². The lowest BCUT2D eigenvalue weighted by atomic mass is 9.85. The van der Waals surface area contributed by atoms with Gasteiger partial charge in [-0.1, -0.05) is 24.3 Å². The highest BCUT2D eigenvalue weighted by Crippen LogP contribution is 2.45. The molecule has 200 valence electrons. The molecule has 0 aromatic carbocycles. The number of rotatable bonds is 3. The first-order valence-electron chi connectivity index (χ1n) is 11.9. The maximum absolute atomic E-state index is 12.4. The third-order valence-electron chi connectivity index (χ3n) is 7.73. The van der Waals surface area contributed by atoms with Gasteiger partial charge in [-0.15, -0.1) is 0 Å². The Hall–Kier alpha value is -3.88. The van der Waals surface area contributed by atoms with E-state index in [9.17, 15) is 38.4 Å². The fourth-order valence-corrected chi connectivity index (χ4v) is 6.01. The quantitative estimate of drug-likeness (QED) is 0.215. The van der Waals surface area contributed by atoms with Gasteiger partial charge in [0.25, 0.3) is 5.78 Å². The predicted molar refractivity (Wildman–Crippen MR) is 117 cm³/mol. The van der Waals surface area contributed by atoms with E-state index in [1.165, 1.54) is 0 Å². The number of fused-ring (bicyclic) bond motifs is 10. The molecule has 6 aliphatic heterocycles. The van der Waals surface area contributed by atoms with Crippen molar-refractivity contribution >= 4 is 47.1 Å². The first kappa shape index (κ1) is 25.8. The Morgan fingerprint density at radius 2 is 1.16 bits per heavy atom. The highest BCUT2D eigenvalue weighted by atomic mass is 16.6. The van der Waals surface area contributed by atoms with E-state index in [4.69, 9.17) is 14.2 Å². The summed E-state index contributed by atoms with van der Waals surface area (Å²) in [5.74, 6) is -5.91. The minimum atomic E-state index is -1.06. The third-order valence-corrected chi connectivity index (χ3v) is 7.73. The zero-order valence-electron chi connectivity index (χ0n) is 19.6. The normalized spacial score (nSPS) is 37.2. The van der Waals surface area contributed by atoms with Crippen molar-refractivity contribution in [1.29, 1.82) is 0 Å². The van der Waals surface area contributed by atoms with Crippen molar-refractivity contribution in [3.05, 3.63) is 24.3 Å². The molecular formula is C24H22N2O12. The van der Waals surface area contributed by atoms with E-state index < -0.39 is 58.9 Å². The van der Waals surface area contributed by atoms with Gasteiger partial charge in [0.2, 0.25) is 35.2 Å². The van der Waals surface area contributed by atoms with Crippen LogP contribution >= 0.6 is 0 Å². The van der Waals surface area contributed by atoms with E-state index in [0.717, 1.165) is 4.90 Å². The minimum absolute atomic E-state index is 0. The number of Topliss-reactive ketones (excluding diaryl/α,β-unsaturated/α-hetero) is 3. The average molecular weight is 530 g/mol. The SMILES string of the molecule is O.O=C1C(=O)C2C3C=CC(O3)C2C1=O.O=C1C2C3C=CC(O3)C2C(=O)N1CCOC(=O)N1C(=O)CCC1=O. The van der Waals surface area contributed by atoms with Gasteiger partial charge in [-0.2, -0.15) is 4.90 Å². The van der Waals surface area contributed by atoms with Crippen molar-refractivity contribution in [2.24, 2.45) is 23.7 Å². The Balaban J connectivity index is 0.000000177. The molecule has 38 heavy (non-hydrogen) atoms. The molecule has 0 spiro atoms. The van der Waals surface area contributed by atoms with Gasteiger partial charge in [0.15, 0.2) is 0 Å². The molecular weight excluding hydrogens is 508 g/mol. The Labute approximate surface area is 213 Å². The zero-order valence-corrected chi connectivity index (χ0v) is 19.6. The Bertz CT molecular complexity index is 1170. The molecule has 5 amide bonds. The van der Waals surface area contributed by atoms with Crippen LogP contribution in [0.4, 0.5) is 4.79 Å². The molecule has 1 saturated carbocycles. The molecule has 0 aromatic heterocycles. The first-order valence-corrected chi connectivity index (χ1v) is 11.9. The van der Waals surface area contributed by atoms with Crippen molar-refractivity contribution in [1.82, 2.24) is 9.80 Å². The fraction of sp³-hybridized carbons (Fsp3) is 0.500. The number of hydrogen-bond donors (Lipinski definition) is 0. The Morgan fingerprint density at radius 1 is 0.737 bits per heavy atom. The highest BCUT2D eigenvalue weighted by molar-refractivity contribution is 6.68. The van der Waals surface area contributed by atoms with Gasteiger partial charge in [0, 0.05) is 12.8 Å². The molecule has 4 saturated heterocycles. The van der Waals surface area contributed by atoms with Crippen LogP contribution in [0.2, 0.25) is 0 Å². The molecule has 7 rings (SSSR count). The zero-order chi connectivity index (χ0) is 26.2. The van der Waals surface area contributed by atoms with Gasteiger partial charge in [-0.05, 0) is 0 Å². The number of hydrogen-bond acceptors (Lipinski definition) is 11. The number of carbonyl (C=O) groups is 8. The van der Waals surface area contributed by atoms with Crippen LogP contribution in [-0.2, 0) is 47.8 Å². The molecule has 0 radical (unpaired) electrons. The molecule has 8 atom stereocenters. The highest BCUT2D eigenvalue weighted by Gasteiger charge is 2.62. The van der Waals surface area contributed by atoms with E-state index in [1.54, 1.807) is 24.3 Å². The van der Waals surface area contributed by atoms with Crippen LogP contribution in [-0.4, -0.2) is 99.9 Å². The van der Waals surface area contributed by atoms with Crippen molar-refractivity contribution in [2.45, 2.75) is 37.3 Å². The summed E-state index contributed by atoms with van der Waals surface area (Å²) >= 11 is 0. The van der Waals surface area contributed by atoms with E-state index in [-0.39, 0.29) is 67.7 Å². The molecule has 5 fully saturated rings. The number of ketones is 3. The van der Waals surface area contributed by atoms with Gasteiger partial charge in [-0.3, -0.25) is 38.5 Å². The largest absolute Gasteiger partial charge is 0.447 e. The predicted octanol–water partition coefficient (Wildman–Crippen LogP) is -2.34. The van der Waals surface area contributed by atoms with Gasteiger partial charge in [0.1, 0.15) is 6.61 Å². The smallest absolute Gasteiger partial charge is 0.423 e. The van der Waals surface area contributed by atoms with Crippen LogP contribution in [0.5, 0.6) is 0 Å². The second kappa shape index (κ2) is 9.15. The van der Waals surface area contributed by atoms with Gasteiger partial charge >= 0.3 is 6.09 Å². The number of imide groups is 4. The summed E-state index contributed by atoms with van der Waals surface area (Å²) in [6.45, 7) is -0.373. The van der Waals surface area contributed by atoms with E-state index in [0.29, 0.717) is 4.90 Å². The average Bonchev–Trinajstić information content (AvgIpc) is 3.73. The molecule has 1 aliphatic carbocycles. The lowest BCUT2D eigenvalue weighted by molar-refractivity contribution is -0.144. The third kappa shape index (κ3) is 3.59.